The summed E-state index contributed by atoms with van der Waals surface area (Å²) < 4.78 is 13.6. The van der Waals surface area contributed by atoms with Crippen molar-refractivity contribution < 1.29 is 19.4 Å². The minimum Gasteiger partial charge on any atom is -0.481 e. The van der Waals surface area contributed by atoms with Gasteiger partial charge in [0.1, 0.15) is 0 Å². The Kier molecular flexibility index (Phi) is 8.00. The van der Waals surface area contributed by atoms with Gasteiger partial charge in [0.25, 0.3) is 0 Å². The van der Waals surface area contributed by atoms with Gasteiger partial charge in [-0.2, -0.15) is 0 Å². The molecule has 0 unspecified atom stereocenters. The maximum Gasteiger partial charge on any atom is 0.307 e. The monoisotopic (exact) mass is 584 g/mol. The first-order valence-corrected chi connectivity index (χ1v) is 17.4. The van der Waals surface area contributed by atoms with Crippen molar-refractivity contribution in [3.8, 4) is 0 Å². The number of aliphatic carboxylic acids is 1. The summed E-state index contributed by atoms with van der Waals surface area (Å²) >= 11 is 0. The van der Waals surface area contributed by atoms with Gasteiger partial charge in [0.2, 0.25) is 0 Å². The molecule has 4 nitrogen and oxygen atoms in total. The molecule has 5 rings (SSSR count). The number of ether oxygens (including phenoxy) is 2. The van der Waals surface area contributed by atoms with Gasteiger partial charge in [-0.1, -0.05) is 94.7 Å². The fourth-order valence-electron chi connectivity index (χ4n) is 11.8. The van der Waals surface area contributed by atoms with Crippen molar-refractivity contribution in [2.45, 2.75) is 128 Å². The van der Waals surface area contributed by atoms with Crippen LogP contribution in [0.15, 0.2) is 11.6 Å². The molecule has 4 heteroatoms. The van der Waals surface area contributed by atoms with E-state index in [1.807, 2.05) is 0 Å². The topological polar surface area (TPSA) is 55.8 Å². The lowest BCUT2D eigenvalue weighted by Crippen LogP contribution is -2.68. The molecule has 0 aromatic rings. The number of hydrogen-bond donors (Lipinski definition) is 1. The van der Waals surface area contributed by atoms with Crippen molar-refractivity contribution in [1.82, 2.24) is 0 Å². The number of allylic oxidation sites excluding steroid dienone is 1. The first kappa shape index (κ1) is 32.5. The fraction of sp³-hybridized carbons (Fsp3) is 0.921. The zero-order valence-corrected chi connectivity index (χ0v) is 29.2. The molecule has 1 aliphatic heterocycles. The molecule has 0 aromatic carbocycles. The van der Waals surface area contributed by atoms with Crippen LogP contribution < -0.4 is 0 Å². The van der Waals surface area contributed by atoms with Crippen molar-refractivity contribution in [3.05, 3.63) is 11.6 Å². The van der Waals surface area contributed by atoms with E-state index in [0.29, 0.717) is 35.5 Å². The van der Waals surface area contributed by atoms with Crippen LogP contribution >= 0.6 is 0 Å². The molecule has 11 atom stereocenters. The molecule has 0 spiro atoms. The van der Waals surface area contributed by atoms with E-state index in [-0.39, 0.29) is 44.5 Å². The van der Waals surface area contributed by atoms with Crippen LogP contribution in [0.4, 0.5) is 0 Å². The molecule has 42 heavy (non-hydrogen) atoms. The van der Waals surface area contributed by atoms with E-state index in [4.69, 9.17) is 9.47 Å². The molecule has 1 saturated heterocycles. The van der Waals surface area contributed by atoms with Gasteiger partial charge in [-0.15, -0.1) is 0 Å². The molecule has 2 bridgehead atoms. The Morgan fingerprint density at radius 3 is 2.31 bits per heavy atom. The third kappa shape index (κ3) is 4.29. The normalized spacial score (nSPS) is 47.8. The minimum absolute atomic E-state index is 0.00211. The summed E-state index contributed by atoms with van der Waals surface area (Å²) in [7, 11) is 0. The molecule has 3 saturated carbocycles. The molecule has 4 fully saturated rings. The maximum atomic E-state index is 13.3. The lowest BCUT2D eigenvalue weighted by molar-refractivity contribution is -0.254. The summed E-state index contributed by atoms with van der Waals surface area (Å²) in [5, 5.41) is 10.9. The molecule has 240 valence electrons. The van der Waals surface area contributed by atoms with Gasteiger partial charge in [0.05, 0.1) is 31.8 Å². The fourth-order valence-corrected chi connectivity index (χ4v) is 11.8. The Balaban J connectivity index is 1.53. The number of rotatable bonds is 7. The van der Waals surface area contributed by atoms with Gasteiger partial charge in [-0.05, 0) is 95.7 Å². The first-order chi connectivity index (χ1) is 19.3. The number of carbonyl (C=O) groups is 1. The van der Waals surface area contributed by atoms with Crippen LogP contribution in [0, 0.1) is 73.9 Å². The van der Waals surface area contributed by atoms with Crippen molar-refractivity contribution in [2.24, 2.45) is 73.9 Å². The van der Waals surface area contributed by atoms with Gasteiger partial charge in [0.15, 0.2) is 0 Å². The van der Waals surface area contributed by atoms with Gasteiger partial charge in [-0.25, -0.2) is 0 Å². The molecule has 0 aromatic heterocycles. The number of hydrogen-bond acceptors (Lipinski definition) is 3. The third-order valence-electron chi connectivity index (χ3n) is 15.6. The summed E-state index contributed by atoms with van der Waals surface area (Å²) in [5.74, 6) is 1.94. The number of fused-ring (bicyclic) bond motifs is 3. The Labute approximate surface area is 258 Å². The molecular weight excluding hydrogens is 520 g/mol. The van der Waals surface area contributed by atoms with Crippen LogP contribution in [0.3, 0.4) is 0 Å². The standard InChI is InChI=1S/C38H64O4/c1-23(2)26(6)34(9)17-18-36(11)27-13-14-29-35(10)21-41-22-38(29,28(27)15-16-37(36,12)30(34)32(39)40)19-25(5)31(35)42-20-33(7,8)24(3)4/h15,23-27,29-31H,13-14,16-22H2,1-12H3,(H,39,40)/t25-,26-,27+,29+,30-,31+,34-,35-,36-,37+,38+/m1/s1. The van der Waals surface area contributed by atoms with Gasteiger partial charge in [-0.3, -0.25) is 4.79 Å². The van der Waals surface area contributed by atoms with E-state index in [9.17, 15) is 9.90 Å². The van der Waals surface area contributed by atoms with Gasteiger partial charge in [0, 0.05) is 10.8 Å². The van der Waals surface area contributed by atoms with Crippen molar-refractivity contribution in [3.63, 3.8) is 0 Å². The van der Waals surface area contributed by atoms with E-state index in [1.54, 1.807) is 5.57 Å². The lowest BCUT2D eigenvalue weighted by atomic mass is 9.34. The average molecular weight is 585 g/mol. The second kappa shape index (κ2) is 10.3. The second-order valence-electron chi connectivity index (χ2n) is 18.4. The molecule has 5 aliphatic rings. The molecule has 1 heterocycles. The lowest BCUT2D eigenvalue weighted by Gasteiger charge is -2.71. The van der Waals surface area contributed by atoms with Gasteiger partial charge >= 0.3 is 5.97 Å². The van der Waals surface area contributed by atoms with Crippen molar-refractivity contribution in [2.75, 3.05) is 19.8 Å². The van der Waals surface area contributed by atoms with Crippen LogP contribution in [0.1, 0.15) is 122 Å². The van der Waals surface area contributed by atoms with Crippen LogP contribution in [0.25, 0.3) is 0 Å². The SMILES string of the molecule is CC(C)[C@@H](C)[C@@]1(C)CC[C@]2(C)[C@H]3CC[C@@H]4[C@@]5(COC[C@@]4(C)[C@@H](OCC(C)(C)C(C)C)[C@H](C)C5)C3=CC[C@@]2(C)[C@@H]1C(=O)O. The van der Waals surface area contributed by atoms with E-state index in [2.05, 4.69) is 89.2 Å². The van der Waals surface area contributed by atoms with Crippen molar-refractivity contribution in [1.29, 1.82) is 0 Å². The highest BCUT2D eigenvalue weighted by Gasteiger charge is 2.71. The number of carboxylic acid groups (broad SMARTS) is 1. The smallest absolute Gasteiger partial charge is 0.307 e. The van der Waals surface area contributed by atoms with E-state index in [1.165, 1.54) is 12.8 Å². The van der Waals surface area contributed by atoms with E-state index in [0.717, 1.165) is 45.5 Å². The molecule has 4 aliphatic carbocycles. The molecule has 0 radical (unpaired) electrons. The molecule has 1 N–H and O–H groups in total. The highest BCUT2D eigenvalue weighted by Crippen LogP contribution is 2.75. The molecular formula is C38H64O4. The summed E-state index contributed by atoms with van der Waals surface area (Å²) in [5.41, 5.74) is 1.35. The minimum atomic E-state index is -0.577. The Morgan fingerprint density at radius 1 is 1.05 bits per heavy atom. The Hall–Kier alpha value is -0.870. The van der Waals surface area contributed by atoms with Crippen LogP contribution in [-0.4, -0.2) is 37.0 Å². The molecule has 0 amide bonds. The quantitative estimate of drug-likeness (QED) is 0.303. The Bertz CT molecular complexity index is 1090. The summed E-state index contributed by atoms with van der Waals surface area (Å²) in [6.07, 6.45) is 9.26. The van der Waals surface area contributed by atoms with Crippen LogP contribution in [0.5, 0.6) is 0 Å². The summed E-state index contributed by atoms with van der Waals surface area (Å²) in [6.45, 7) is 30.6. The average Bonchev–Trinajstić information content (AvgIpc) is 2.88. The predicted octanol–water partition coefficient (Wildman–Crippen LogP) is 9.28. The highest BCUT2D eigenvalue weighted by atomic mass is 16.5. The maximum absolute atomic E-state index is 13.3. The van der Waals surface area contributed by atoms with Crippen molar-refractivity contribution >= 4 is 5.97 Å². The largest absolute Gasteiger partial charge is 0.481 e. The zero-order valence-electron chi connectivity index (χ0n) is 29.2. The van der Waals surface area contributed by atoms with Gasteiger partial charge < -0.3 is 14.6 Å². The van der Waals surface area contributed by atoms with E-state index >= 15 is 0 Å². The van der Waals surface area contributed by atoms with Crippen LogP contribution in [0.2, 0.25) is 0 Å². The number of carboxylic acids is 1. The zero-order chi connectivity index (χ0) is 31.3. The third-order valence-corrected chi connectivity index (χ3v) is 15.6. The van der Waals surface area contributed by atoms with Crippen LogP contribution in [-0.2, 0) is 14.3 Å². The van der Waals surface area contributed by atoms with E-state index < -0.39 is 5.97 Å². The Morgan fingerprint density at radius 2 is 1.71 bits per heavy atom. The predicted molar refractivity (Wildman–Crippen MR) is 171 cm³/mol. The first-order valence-electron chi connectivity index (χ1n) is 17.4. The summed E-state index contributed by atoms with van der Waals surface area (Å²) in [6, 6.07) is 0. The summed E-state index contributed by atoms with van der Waals surface area (Å²) in [4.78, 5) is 13.3. The highest BCUT2D eigenvalue weighted by molar-refractivity contribution is 5.73. The second-order valence-corrected chi connectivity index (χ2v) is 18.4.